The van der Waals surface area contributed by atoms with E-state index < -0.39 is 0 Å². The summed E-state index contributed by atoms with van der Waals surface area (Å²) in [4.78, 5) is 20.3. The van der Waals surface area contributed by atoms with Crippen molar-refractivity contribution in [1.29, 1.82) is 0 Å². The smallest absolute Gasteiger partial charge is 0.164 e. The van der Waals surface area contributed by atoms with E-state index in [0.717, 1.165) is 72.6 Å². The molecule has 0 saturated carbocycles. The number of hydrogen-bond acceptors (Lipinski definition) is 4. The maximum Gasteiger partial charge on any atom is 0.164 e. The highest BCUT2D eigenvalue weighted by atomic mass is 15.0. The quantitative estimate of drug-likeness (QED) is 0.137. The second-order valence-electron chi connectivity index (χ2n) is 28.8. The third-order valence-electron chi connectivity index (χ3n) is 22.4. The molecule has 0 aliphatic rings. The summed E-state index contributed by atoms with van der Waals surface area (Å²) in [6.07, 6.45) is 0. The second kappa shape index (κ2) is 26.4. The van der Waals surface area contributed by atoms with E-state index in [1.165, 1.54) is 120 Å². The van der Waals surface area contributed by atoms with Crippen molar-refractivity contribution in [2.75, 3.05) is 0 Å². The topological polar surface area (TPSA) is 71.3 Å². The number of para-hydroxylation sites is 4. The van der Waals surface area contributed by atoms with Gasteiger partial charge in [0, 0.05) is 93.1 Å². The average Bonchev–Trinajstić information content (AvgIpc) is 1.55. The van der Waals surface area contributed by atoms with E-state index in [1.807, 2.05) is 36.4 Å². The van der Waals surface area contributed by atoms with Crippen molar-refractivity contribution in [2.45, 2.75) is 0 Å². The van der Waals surface area contributed by atoms with Gasteiger partial charge < -0.3 is 18.3 Å². The highest BCUT2D eigenvalue weighted by Gasteiger charge is 2.25. The molecule has 17 aromatic carbocycles. The van der Waals surface area contributed by atoms with Gasteiger partial charge in [-0.3, -0.25) is 0 Å². The molecule has 23 aromatic rings. The summed E-state index contributed by atoms with van der Waals surface area (Å²) in [7, 11) is 0. The first kappa shape index (κ1) is 64.1. The molecule has 0 saturated heterocycles. The van der Waals surface area contributed by atoms with Crippen LogP contribution in [0.5, 0.6) is 0 Å². The fourth-order valence-electron chi connectivity index (χ4n) is 17.4. The van der Waals surface area contributed by atoms with Crippen LogP contribution in [0.2, 0.25) is 0 Å². The second-order valence-corrected chi connectivity index (χ2v) is 28.8. The maximum atomic E-state index is 5.19. The van der Waals surface area contributed by atoms with Crippen LogP contribution in [0, 0.1) is 0 Å². The molecule has 8 nitrogen and oxygen atoms in total. The van der Waals surface area contributed by atoms with Gasteiger partial charge in [-0.1, -0.05) is 285 Å². The normalized spacial score (nSPS) is 11.8. The molecule has 0 unspecified atom stereocenters. The van der Waals surface area contributed by atoms with Gasteiger partial charge >= 0.3 is 0 Å². The molecule has 0 bridgehead atoms. The summed E-state index contributed by atoms with van der Waals surface area (Å²) < 4.78 is 9.70. The average molecular weight is 1430 g/mol. The largest absolute Gasteiger partial charge is 0.309 e. The first-order valence-corrected chi connectivity index (χ1v) is 38.1. The van der Waals surface area contributed by atoms with Crippen molar-refractivity contribution in [1.82, 2.24) is 38.2 Å². The van der Waals surface area contributed by atoms with Crippen molar-refractivity contribution in [3.05, 3.63) is 400 Å². The predicted octanol–water partition coefficient (Wildman–Crippen LogP) is 26.8. The van der Waals surface area contributed by atoms with Crippen molar-refractivity contribution >= 4 is 120 Å². The van der Waals surface area contributed by atoms with Gasteiger partial charge in [-0.15, -0.1) is 0 Å². The number of aromatic nitrogens is 8. The van der Waals surface area contributed by atoms with Gasteiger partial charge in [0.2, 0.25) is 0 Å². The Morgan fingerprint density at radius 3 is 0.929 bits per heavy atom. The number of rotatable bonds is 10. The van der Waals surface area contributed by atoms with Crippen LogP contribution in [0.15, 0.2) is 400 Å². The Balaban J connectivity index is 0.000000138. The third kappa shape index (κ3) is 10.6. The van der Waals surface area contributed by atoms with Crippen LogP contribution in [-0.2, 0) is 0 Å². The number of fused-ring (bicyclic) bond motifs is 17. The lowest BCUT2D eigenvalue weighted by molar-refractivity contribution is 1.07. The summed E-state index contributed by atoms with van der Waals surface area (Å²) in [6.45, 7) is 0. The lowest BCUT2D eigenvalue weighted by Crippen LogP contribution is -2.00. The summed E-state index contributed by atoms with van der Waals surface area (Å²) in [5.74, 6) is 1.92. The number of pyridine rings is 1. The zero-order valence-corrected chi connectivity index (χ0v) is 60.7. The number of nitrogens with zero attached hydrogens (tertiary/aromatic N) is 8. The molecule has 0 aliphatic heterocycles. The van der Waals surface area contributed by atoms with Crippen LogP contribution in [0.4, 0.5) is 0 Å². The molecular weight excluding hydrogens is 1360 g/mol. The molecular formula is C104H66N8. The van der Waals surface area contributed by atoms with Crippen LogP contribution >= 0.6 is 0 Å². The van der Waals surface area contributed by atoms with Crippen LogP contribution in [0.25, 0.3) is 210 Å². The summed E-state index contributed by atoms with van der Waals surface area (Å²) in [6, 6.07) is 143. The van der Waals surface area contributed by atoms with Gasteiger partial charge in [0.15, 0.2) is 17.5 Å². The molecule has 0 amide bonds. The molecule has 6 heterocycles. The van der Waals surface area contributed by atoms with Gasteiger partial charge in [0.1, 0.15) is 0 Å². The van der Waals surface area contributed by atoms with E-state index in [0.29, 0.717) is 17.5 Å². The van der Waals surface area contributed by atoms with Crippen molar-refractivity contribution in [3.8, 4) is 90.6 Å². The maximum absolute atomic E-state index is 5.19. The molecule has 112 heavy (non-hydrogen) atoms. The minimum absolute atomic E-state index is 0.633. The number of hydrogen-bond donors (Lipinski definition) is 0. The van der Waals surface area contributed by atoms with E-state index in [4.69, 9.17) is 19.9 Å². The Morgan fingerprint density at radius 1 is 0.161 bits per heavy atom. The van der Waals surface area contributed by atoms with Crippen LogP contribution < -0.4 is 0 Å². The van der Waals surface area contributed by atoms with Crippen molar-refractivity contribution < 1.29 is 0 Å². The molecule has 0 aliphatic carbocycles. The minimum Gasteiger partial charge on any atom is -0.309 e. The lowest BCUT2D eigenvalue weighted by Gasteiger charge is -2.12. The molecule has 0 atom stereocenters. The van der Waals surface area contributed by atoms with Crippen LogP contribution in [0.3, 0.4) is 0 Å². The highest BCUT2D eigenvalue weighted by molar-refractivity contribution is 6.31. The van der Waals surface area contributed by atoms with Crippen molar-refractivity contribution in [2.24, 2.45) is 0 Å². The highest BCUT2D eigenvalue weighted by Crippen LogP contribution is 2.46. The van der Waals surface area contributed by atoms with Gasteiger partial charge in [0.05, 0.1) is 66.9 Å². The molecule has 0 spiro atoms. The molecule has 0 radical (unpaired) electrons. The zero-order valence-electron chi connectivity index (χ0n) is 60.7. The SMILES string of the molecule is c1ccc(-c2cc(-c3ccccc3)nc(-c3ccc(-n4c5ccccc5c5c6c7ccccc7n(-c7cccc8ccccc78)c6ccc54)cc3)c2)cc1.c1ccc(-c2nc(-c3ccc(-n4c5ccccc5c5c6c7ccccc7n(-c7cccc8ccccc78)c6ccc54)cc3)nc(-c3ccc4ccccc4c3)n2)cc1. The molecule has 0 N–H and O–H groups in total. The van der Waals surface area contributed by atoms with E-state index in [2.05, 4.69) is 382 Å². The molecule has 8 heteroatoms. The Bertz CT molecular complexity index is 7590. The van der Waals surface area contributed by atoms with Gasteiger partial charge in [0.25, 0.3) is 0 Å². The predicted molar refractivity (Wildman–Crippen MR) is 467 cm³/mol. The van der Waals surface area contributed by atoms with E-state index in [1.54, 1.807) is 0 Å². The van der Waals surface area contributed by atoms with Crippen LogP contribution in [-0.4, -0.2) is 38.2 Å². The lowest BCUT2D eigenvalue weighted by atomic mass is 10.00. The Kier molecular flexibility index (Phi) is 15.1. The summed E-state index contributed by atoms with van der Waals surface area (Å²) in [5.41, 5.74) is 23.3. The Labute approximate surface area is 644 Å². The fourth-order valence-corrected chi connectivity index (χ4v) is 17.4. The first-order valence-electron chi connectivity index (χ1n) is 38.1. The Morgan fingerprint density at radius 2 is 0.473 bits per heavy atom. The Hall–Kier alpha value is -15.1. The third-order valence-corrected chi connectivity index (χ3v) is 22.4. The minimum atomic E-state index is 0.633. The molecule has 23 rings (SSSR count). The zero-order chi connectivity index (χ0) is 73.7. The fraction of sp³-hybridized carbons (Fsp3) is 0. The van der Waals surface area contributed by atoms with E-state index in [-0.39, 0.29) is 0 Å². The van der Waals surface area contributed by atoms with Gasteiger partial charge in [-0.2, -0.15) is 0 Å². The van der Waals surface area contributed by atoms with Gasteiger partial charge in [-0.05, 0) is 148 Å². The summed E-state index contributed by atoms with van der Waals surface area (Å²) >= 11 is 0. The summed E-state index contributed by atoms with van der Waals surface area (Å²) in [5, 5.41) is 17.3. The molecule has 0 fully saturated rings. The standard InChI is InChI=1S/C53H33N5.C51H33N3/c1-2-15-36(16-3-1)51-54-52(56-53(55-51)39-26-25-34-13-4-5-17-38(34)33-39)37-27-29-40(30-28-37)57-45-22-10-8-20-42(45)49-47(57)31-32-48-50(49)43-21-9-11-23-46(43)58(48)44-24-12-18-35-14-6-7-19-41(35)44;1-3-14-34(15-4-1)38-32-43(36-17-5-2-6-18-36)52-44(33-38)37-26-28-39(29-27-37)53-46-23-11-9-21-41(46)50-48(53)30-31-49-51(50)42-22-10-12-24-47(42)54(49)45-25-13-19-35-16-7-8-20-40(35)45/h1-33H;1-33H. The van der Waals surface area contributed by atoms with E-state index in [9.17, 15) is 0 Å². The monoisotopic (exact) mass is 1430 g/mol. The van der Waals surface area contributed by atoms with Gasteiger partial charge in [-0.25, -0.2) is 19.9 Å². The first-order chi connectivity index (χ1) is 55.6. The molecule has 6 aromatic heterocycles. The molecule has 522 valence electrons. The van der Waals surface area contributed by atoms with Crippen molar-refractivity contribution in [3.63, 3.8) is 0 Å². The van der Waals surface area contributed by atoms with E-state index >= 15 is 0 Å². The number of benzene rings is 17. The van der Waals surface area contributed by atoms with Crippen LogP contribution in [0.1, 0.15) is 0 Å².